The number of nitrogens with one attached hydrogen (secondary N) is 1. The van der Waals surface area contributed by atoms with Crippen LogP contribution in [0.2, 0.25) is 0 Å². The molecule has 98 valence electrons. The van der Waals surface area contributed by atoms with E-state index in [0.29, 0.717) is 0 Å². The van der Waals surface area contributed by atoms with Crippen molar-refractivity contribution in [2.75, 3.05) is 39.8 Å². The molecule has 3 heteroatoms. The SMILES string of the molecule is CN1CCN(CCc2cccc3c2CNC3)CC1. The lowest BCUT2D eigenvalue weighted by Crippen LogP contribution is -2.45. The first-order chi connectivity index (χ1) is 8.83. The van der Waals surface area contributed by atoms with Crippen LogP contribution < -0.4 is 5.32 Å². The van der Waals surface area contributed by atoms with Crippen molar-refractivity contribution < 1.29 is 0 Å². The number of benzene rings is 1. The predicted octanol–water partition coefficient (Wildman–Crippen LogP) is 1.08. The van der Waals surface area contributed by atoms with Gasteiger partial charge >= 0.3 is 0 Å². The molecule has 2 aliphatic rings. The van der Waals surface area contributed by atoms with Gasteiger partial charge in [0.1, 0.15) is 0 Å². The van der Waals surface area contributed by atoms with E-state index in [1.54, 1.807) is 11.1 Å². The van der Waals surface area contributed by atoms with Gasteiger partial charge in [0.25, 0.3) is 0 Å². The van der Waals surface area contributed by atoms with E-state index < -0.39 is 0 Å². The van der Waals surface area contributed by atoms with Gasteiger partial charge in [0.05, 0.1) is 0 Å². The van der Waals surface area contributed by atoms with Gasteiger partial charge in [0.2, 0.25) is 0 Å². The summed E-state index contributed by atoms with van der Waals surface area (Å²) in [5, 5.41) is 3.45. The molecule has 0 radical (unpaired) electrons. The minimum atomic E-state index is 1.05. The summed E-state index contributed by atoms with van der Waals surface area (Å²) >= 11 is 0. The predicted molar refractivity (Wildman–Crippen MR) is 74.6 cm³/mol. The number of rotatable bonds is 3. The van der Waals surface area contributed by atoms with Gasteiger partial charge in [0.15, 0.2) is 0 Å². The van der Waals surface area contributed by atoms with E-state index in [0.717, 1.165) is 13.1 Å². The molecule has 2 heterocycles. The molecular weight excluding hydrogens is 222 g/mol. The highest BCUT2D eigenvalue weighted by Crippen LogP contribution is 2.20. The van der Waals surface area contributed by atoms with Crippen LogP contribution in [-0.2, 0) is 19.5 Å². The minimum Gasteiger partial charge on any atom is -0.309 e. The first-order valence-corrected chi connectivity index (χ1v) is 7.04. The Morgan fingerprint density at radius 3 is 2.78 bits per heavy atom. The fourth-order valence-electron chi connectivity index (χ4n) is 2.99. The van der Waals surface area contributed by atoms with Gasteiger partial charge in [0, 0.05) is 45.8 Å². The van der Waals surface area contributed by atoms with Gasteiger partial charge in [-0.3, -0.25) is 0 Å². The van der Waals surface area contributed by atoms with Crippen LogP contribution >= 0.6 is 0 Å². The maximum atomic E-state index is 3.45. The molecule has 0 aromatic heterocycles. The van der Waals surface area contributed by atoms with Crippen LogP contribution in [0.4, 0.5) is 0 Å². The van der Waals surface area contributed by atoms with Crippen LogP contribution in [0.25, 0.3) is 0 Å². The summed E-state index contributed by atoms with van der Waals surface area (Å²) in [5.74, 6) is 0. The van der Waals surface area contributed by atoms with Gasteiger partial charge < -0.3 is 15.1 Å². The van der Waals surface area contributed by atoms with Crippen LogP contribution in [0, 0.1) is 0 Å². The van der Waals surface area contributed by atoms with Gasteiger partial charge in [-0.25, -0.2) is 0 Å². The molecule has 0 saturated carbocycles. The Hall–Kier alpha value is -0.900. The maximum absolute atomic E-state index is 3.45. The lowest BCUT2D eigenvalue weighted by atomic mass is 10.0. The topological polar surface area (TPSA) is 18.5 Å². The highest BCUT2D eigenvalue weighted by atomic mass is 15.2. The Kier molecular flexibility index (Phi) is 3.64. The van der Waals surface area contributed by atoms with Crippen LogP contribution in [-0.4, -0.2) is 49.6 Å². The Morgan fingerprint density at radius 2 is 1.94 bits per heavy atom. The third-order valence-electron chi connectivity index (χ3n) is 4.28. The number of fused-ring (bicyclic) bond motifs is 1. The van der Waals surface area contributed by atoms with E-state index in [-0.39, 0.29) is 0 Å². The summed E-state index contributed by atoms with van der Waals surface area (Å²) in [6.45, 7) is 8.21. The van der Waals surface area contributed by atoms with E-state index in [2.05, 4.69) is 40.4 Å². The summed E-state index contributed by atoms with van der Waals surface area (Å²) in [6, 6.07) is 6.78. The minimum absolute atomic E-state index is 1.05. The van der Waals surface area contributed by atoms with Crippen LogP contribution in [0.5, 0.6) is 0 Å². The van der Waals surface area contributed by atoms with Crippen molar-refractivity contribution in [3.63, 3.8) is 0 Å². The van der Waals surface area contributed by atoms with Gasteiger partial charge in [-0.05, 0) is 30.2 Å². The van der Waals surface area contributed by atoms with Crippen molar-refractivity contribution >= 4 is 0 Å². The maximum Gasteiger partial charge on any atom is 0.0214 e. The van der Waals surface area contributed by atoms with Gasteiger partial charge in [-0.1, -0.05) is 18.2 Å². The average molecular weight is 245 g/mol. The number of hydrogen-bond donors (Lipinski definition) is 1. The summed E-state index contributed by atoms with van der Waals surface area (Å²) < 4.78 is 0. The molecule has 0 unspecified atom stereocenters. The molecule has 1 fully saturated rings. The lowest BCUT2D eigenvalue weighted by Gasteiger charge is -2.32. The van der Waals surface area contributed by atoms with Gasteiger partial charge in [-0.2, -0.15) is 0 Å². The molecule has 0 spiro atoms. The molecule has 1 aromatic carbocycles. The molecule has 2 aliphatic heterocycles. The fourth-order valence-corrected chi connectivity index (χ4v) is 2.99. The highest BCUT2D eigenvalue weighted by Gasteiger charge is 2.16. The zero-order valence-electron chi connectivity index (χ0n) is 11.3. The molecule has 18 heavy (non-hydrogen) atoms. The van der Waals surface area contributed by atoms with Crippen LogP contribution in [0.3, 0.4) is 0 Å². The Balaban J connectivity index is 1.59. The Morgan fingerprint density at radius 1 is 1.11 bits per heavy atom. The summed E-state index contributed by atoms with van der Waals surface area (Å²) in [7, 11) is 2.22. The molecule has 3 nitrogen and oxygen atoms in total. The third kappa shape index (κ3) is 2.58. The summed E-state index contributed by atoms with van der Waals surface area (Å²) in [6.07, 6.45) is 1.20. The fraction of sp³-hybridized carbons (Fsp3) is 0.600. The van der Waals surface area contributed by atoms with Crippen molar-refractivity contribution in [1.82, 2.24) is 15.1 Å². The van der Waals surface area contributed by atoms with E-state index in [1.165, 1.54) is 44.7 Å². The normalized spacial score (nSPS) is 21.2. The number of hydrogen-bond acceptors (Lipinski definition) is 3. The van der Waals surface area contributed by atoms with E-state index in [1.807, 2.05) is 0 Å². The molecular formula is C15H23N3. The molecule has 1 aromatic rings. The van der Waals surface area contributed by atoms with E-state index in [9.17, 15) is 0 Å². The van der Waals surface area contributed by atoms with Crippen molar-refractivity contribution in [1.29, 1.82) is 0 Å². The zero-order valence-corrected chi connectivity index (χ0v) is 11.3. The first kappa shape index (κ1) is 12.2. The first-order valence-electron chi connectivity index (χ1n) is 7.04. The largest absolute Gasteiger partial charge is 0.309 e. The molecule has 3 rings (SSSR count). The Bertz CT molecular complexity index is 408. The average Bonchev–Trinajstić information content (AvgIpc) is 2.87. The van der Waals surface area contributed by atoms with Crippen LogP contribution in [0.15, 0.2) is 18.2 Å². The van der Waals surface area contributed by atoms with E-state index >= 15 is 0 Å². The molecule has 0 aliphatic carbocycles. The standard InChI is InChI=1S/C15H23N3/c1-17-7-9-18(10-8-17)6-5-13-3-2-4-14-11-16-12-15(13)14/h2-4,16H,5-12H2,1H3. The Labute approximate surface area is 110 Å². The molecule has 1 N–H and O–H groups in total. The number of likely N-dealkylation sites (N-methyl/N-ethyl adjacent to an activating group) is 1. The number of nitrogens with zero attached hydrogens (tertiary/aromatic N) is 2. The molecule has 1 saturated heterocycles. The summed E-state index contributed by atoms with van der Waals surface area (Å²) in [4.78, 5) is 5.02. The quantitative estimate of drug-likeness (QED) is 0.860. The van der Waals surface area contributed by atoms with Crippen molar-refractivity contribution in [3.8, 4) is 0 Å². The van der Waals surface area contributed by atoms with Gasteiger partial charge in [-0.15, -0.1) is 0 Å². The highest BCUT2D eigenvalue weighted by molar-refractivity contribution is 5.37. The second kappa shape index (κ2) is 5.39. The smallest absolute Gasteiger partial charge is 0.0214 e. The zero-order chi connectivity index (χ0) is 12.4. The van der Waals surface area contributed by atoms with Crippen LogP contribution in [0.1, 0.15) is 16.7 Å². The second-order valence-electron chi connectivity index (χ2n) is 5.55. The third-order valence-corrected chi connectivity index (χ3v) is 4.28. The molecule has 0 atom stereocenters. The van der Waals surface area contributed by atoms with Crippen molar-refractivity contribution in [2.24, 2.45) is 0 Å². The van der Waals surface area contributed by atoms with Crippen molar-refractivity contribution in [3.05, 3.63) is 34.9 Å². The summed E-state index contributed by atoms with van der Waals surface area (Å²) in [5.41, 5.74) is 4.62. The monoisotopic (exact) mass is 245 g/mol. The van der Waals surface area contributed by atoms with Crippen molar-refractivity contribution in [2.45, 2.75) is 19.5 Å². The number of piperazine rings is 1. The second-order valence-corrected chi connectivity index (χ2v) is 5.55. The lowest BCUT2D eigenvalue weighted by molar-refractivity contribution is 0.155. The van der Waals surface area contributed by atoms with E-state index in [4.69, 9.17) is 0 Å². The molecule has 0 amide bonds. The molecule has 0 bridgehead atoms.